The van der Waals surface area contributed by atoms with Gasteiger partial charge in [-0.1, -0.05) is 55.6 Å². The molecule has 0 heterocycles. The van der Waals surface area contributed by atoms with E-state index in [2.05, 4.69) is 31.9 Å². The summed E-state index contributed by atoms with van der Waals surface area (Å²) in [6.45, 7) is 0. The van der Waals surface area contributed by atoms with Crippen LogP contribution in [-0.4, -0.2) is 16.4 Å². The zero-order chi connectivity index (χ0) is 13.2. The molecule has 0 aliphatic heterocycles. The molecule has 0 aromatic heterocycles. The summed E-state index contributed by atoms with van der Waals surface area (Å²) in [5.74, 6) is 0.549. The van der Waals surface area contributed by atoms with E-state index in [1.54, 1.807) is 0 Å². The molecule has 0 bridgehead atoms. The van der Waals surface area contributed by atoms with Crippen molar-refractivity contribution in [3.05, 3.63) is 34.9 Å². The van der Waals surface area contributed by atoms with Crippen LogP contribution in [0.3, 0.4) is 0 Å². The molecular formula is C14H15Br2ClO. The first-order valence-electron chi connectivity index (χ1n) is 6.02. The van der Waals surface area contributed by atoms with E-state index in [0.717, 1.165) is 34.9 Å². The molecular weight excluding hydrogens is 379 g/mol. The molecule has 1 aliphatic rings. The van der Waals surface area contributed by atoms with Crippen molar-refractivity contribution in [1.82, 2.24) is 0 Å². The van der Waals surface area contributed by atoms with Crippen LogP contribution in [0.1, 0.15) is 18.4 Å². The number of halogens is 3. The number of Topliss-reactive ketones (excluding diaryl/α,β-unsaturated/α-hetero) is 1. The van der Waals surface area contributed by atoms with Gasteiger partial charge in [-0.25, -0.2) is 0 Å². The Balaban J connectivity index is 2.08. The second kappa shape index (κ2) is 6.06. The molecule has 1 saturated carbocycles. The summed E-state index contributed by atoms with van der Waals surface area (Å²) in [6.07, 6.45) is 2.79. The topological polar surface area (TPSA) is 17.1 Å². The summed E-state index contributed by atoms with van der Waals surface area (Å²) in [5.41, 5.74) is 0.995. The van der Waals surface area contributed by atoms with Crippen molar-refractivity contribution < 1.29 is 4.79 Å². The molecule has 1 aromatic carbocycles. The highest BCUT2D eigenvalue weighted by Gasteiger charge is 2.45. The van der Waals surface area contributed by atoms with Gasteiger partial charge in [-0.05, 0) is 37.0 Å². The van der Waals surface area contributed by atoms with E-state index in [-0.39, 0.29) is 11.3 Å². The molecule has 0 saturated heterocycles. The van der Waals surface area contributed by atoms with Crippen LogP contribution >= 0.6 is 43.5 Å². The third-order valence-electron chi connectivity index (χ3n) is 3.77. The molecule has 18 heavy (non-hydrogen) atoms. The summed E-state index contributed by atoms with van der Waals surface area (Å²) in [7, 11) is 0. The van der Waals surface area contributed by atoms with Crippen LogP contribution in [0, 0.1) is 11.3 Å². The molecule has 0 N–H and O–H groups in total. The highest BCUT2D eigenvalue weighted by atomic mass is 79.9. The second-order valence-electron chi connectivity index (χ2n) is 4.98. The number of hydrogen-bond donors (Lipinski definition) is 0. The summed E-state index contributed by atoms with van der Waals surface area (Å²) in [6, 6.07) is 7.80. The van der Waals surface area contributed by atoms with Crippen molar-refractivity contribution in [2.45, 2.75) is 19.3 Å². The van der Waals surface area contributed by atoms with Gasteiger partial charge in [0.25, 0.3) is 0 Å². The lowest BCUT2D eigenvalue weighted by molar-refractivity contribution is -0.126. The molecule has 1 unspecified atom stereocenters. The number of alkyl halides is 2. The quantitative estimate of drug-likeness (QED) is 0.680. The molecule has 1 aromatic rings. The Labute approximate surface area is 130 Å². The Hall–Kier alpha value is 0.140. The van der Waals surface area contributed by atoms with Gasteiger partial charge in [0.05, 0.1) is 0 Å². The fraction of sp³-hybridized carbons (Fsp3) is 0.500. The summed E-state index contributed by atoms with van der Waals surface area (Å²) in [5, 5.41) is 2.24. The van der Waals surface area contributed by atoms with Gasteiger partial charge in [-0.3, -0.25) is 4.79 Å². The standard InChI is InChI=1S/C14H15Br2ClO/c15-8-14(9-16)6-5-11(13(14)18)7-10-1-3-12(17)4-2-10/h1-4,11H,5-9H2. The summed E-state index contributed by atoms with van der Waals surface area (Å²) in [4.78, 5) is 12.5. The van der Waals surface area contributed by atoms with Gasteiger partial charge < -0.3 is 0 Å². The molecule has 0 amide bonds. The van der Waals surface area contributed by atoms with E-state index < -0.39 is 0 Å². The van der Waals surface area contributed by atoms with Crippen LogP contribution in [-0.2, 0) is 11.2 Å². The van der Waals surface area contributed by atoms with E-state index in [1.807, 2.05) is 24.3 Å². The van der Waals surface area contributed by atoms with Crippen molar-refractivity contribution in [1.29, 1.82) is 0 Å². The van der Waals surface area contributed by atoms with E-state index >= 15 is 0 Å². The van der Waals surface area contributed by atoms with Crippen LogP contribution in [0.5, 0.6) is 0 Å². The Morgan fingerprint density at radius 1 is 1.22 bits per heavy atom. The predicted octanol–water partition coefficient (Wildman–Crippen LogP) is 4.64. The number of carbonyl (C=O) groups is 1. The Morgan fingerprint density at radius 3 is 2.33 bits per heavy atom. The largest absolute Gasteiger partial charge is 0.299 e. The Bertz CT molecular complexity index is 426. The number of carbonyl (C=O) groups excluding carboxylic acids is 1. The minimum atomic E-state index is -0.197. The number of hydrogen-bond acceptors (Lipinski definition) is 1. The number of rotatable bonds is 4. The molecule has 0 spiro atoms. The third-order valence-corrected chi connectivity index (χ3v) is 6.17. The molecule has 1 fully saturated rings. The monoisotopic (exact) mass is 392 g/mol. The fourth-order valence-corrected chi connectivity index (χ4v) is 4.71. The second-order valence-corrected chi connectivity index (χ2v) is 6.54. The van der Waals surface area contributed by atoms with Crippen LogP contribution in [0.15, 0.2) is 24.3 Å². The van der Waals surface area contributed by atoms with Gasteiger partial charge >= 0.3 is 0 Å². The molecule has 1 nitrogen and oxygen atoms in total. The normalized spacial score (nSPS) is 22.4. The Morgan fingerprint density at radius 2 is 1.83 bits per heavy atom. The van der Waals surface area contributed by atoms with E-state index in [4.69, 9.17) is 11.6 Å². The maximum Gasteiger partial charge on any atom is 0.144 e. The van der Waals surface area contributed by atoms with Gasteiger partial charge in [0, 0.05) is 27.0 Å². The van der Waals surface area contributed by atoms with Crippen molar-refractivity contribution >= 4 is 49.2 Å². The molecule has 1 atom stereocenters. The van der Waals surface area contributed by atoms with Crippen LogP contribution in [0.2, 0.25) is 5.02 Å². The highest BCUT2D eigenvalue weighted by Crippen LogP contribution is 2.42. The first-order valence-corrected chi connectivity index (χ1v) is 8.64. The molecule has 4 heteroatoms. The predicted molar refractivity (Wildman–Crippen MR) is 82.9 cm³/mol. The molecule has 2 rings (SSSR count). The van der Waals surface area contributed by atoms with Crippen LogP contribution in [0.25, 0.3) is 0 Å². The van der Waals surface area contributed by atoms with Crippen molar-refractivity contribution in [2.24, 2.45) is 11.3 Å². The number of benzene rings is 1. The van der Waals surface area contributed by atoms with E-state index in [1.165, 1.54) is 5.56 Å². The third kappa shape index (κ3) is 2.83. The maximum absolute atomic E-state index is 12.5. The van der Waals surface area contributed by atoms with E-state index in [0.29, 0.717) is 5.78 Å². The molecule has 1 aliphatic carbocycles. The van der Waals surface area contributed by atoms with E-state index in [9.17, 15) is 4.79 Å². The summed E-state index contributed by atoms with van der Waals surface area (Å²) < 4.78 is 0. The fourth-order valence-electron chi connectivity index (χ4n) is 2.54. The first-order chi connectivity index (χ1) is 8.61. The average Bonchev–Trinajstić information content (AvgIpc) is 2.70. The minimum Gasteiger partial charge on any atom is -0.299 e. The first kappa shape index (κ1) is 14.5. The summed E-state index contributed by atoms with van der Waals surface area (Å²) >= 11 is 12.8. The number of ketones is 1. The SMILES string of the molecule is O=C1C(Cc2ccc(Cl)cc2)CCC1(CBr)CBr. The van der Waals surface area contributed by atoms with Crippen LogP contribution < -0.4 is 0 Å². The highest BCUT2D eigenvalue weighted by molar-refractivity contribution is 9.09. The van der Waals surface area contributed by atoms with Crippen molar-refractivity contribution in [2.75, 3.05) is 10.7 Å². The molecule has 98 valence electrons. The van der Waals surface area contributed by atoms with Crippen molar-refractivity contribution in [3.63, 3.8) is 0 Å². The van der Waals surface area contributed by atoms with Gasteiger partial charge in [-0.15, -0.1) is 0 Å². The zero-order valence-corrected chi connectivity index (χ0v) is 13.9. The van der Waals surface area contributed by atoms with Gasteiger partial charge in [0.15, 0.2) is 0 Å². The van der Waals surface area contributed by atoms with Gasteiger partial charge in [0.2, 0.25) is 0 Å². The van der Waals surface area contributed by atoms with Crippen LogP contribution in [0.4, 0.5) is 0 Å². The molecule has 0 radical (unpaired) electrons. The maximum atomic E-state index is 12.5. The minimum absolute atomic E-state index is 0.154. The van der Waals surface area contributed by atoms with Gasteiger partial charge in [-0.2, -0.15) is 0 Å². The van der Waals surface area contributed by atoms with Gasteiger partial charge in [0.1, 0.15) is 5.78 Å². The lowest BCUT2D eigenvalue weighted by atomic mass is 9.87. The lowest BCUT2D eigenvalue weighted by Gasteiger charge is -2.22. The zero-order valence-electron chi connectivity index (χ0n) is 9.96. The van der Waals surface area contributed by atoms with Crippen molar-refractivity contribution in [3.8, 4) is 0 Å². The average molecular weight is 395 g/mol. The lowest BCUT2D eigenvalue weighted by Crippen LogP contribution is -2.32. The Kier molecular flexibility index (Phi) is 4.90. The smallest absolute Gasteiger partial charge is 0.144 e.